The van der Waals surface area contributed by atoms with E-state index in [1.807, 2.05) is 24.3 Å². The Balaban J connectivity index is 1.83. The number of benzene rings is 1. The molecule has 0 fully saturated rings. The van der Waals surface area contributed by atoms with Crippen molar-refractivity contribution in [2.75, 3.05) is 6.61 Å². The van der Waals surface area contributed by atoms with Crippen LogP contribution in [-0.4, -0.2) is 27.7 Å². The summed E-state index contributed by atoms with van der Waals surface area (Å²) in [6.45, 7) is 2.98. The number of unbranched alkanes of at least 4 members (excludes halogenated alkanes) is 3. The van der Waals surface area contributed by atoms with Gasteiger partial charge in [-0.05, 0) is 48.5 Å². The van der Waals surface area contributed by atoms with Crippen LogP contribution in [0.25, 0.3) is 0 Å². The molecule has 0 aliphatic carbocycles. The normalized spacial score (nSPS) is 11.1. The fourth-order valence-corrected chi connectivity index (χ4v) is 1.97. The molecule has 6 heteroatoms. The third kappa shape index (κ3) is 5.15. The monoisotopic (exact) mass is 304 g/mol. The van der Waals surface area contributed by atoms with E-state index in [1.165, 1.54) is 30.3 Å². The van der Waals surface area contributed by atoms with Gasteiger partial charge in [0, 0.05) is 0 Å². The minimum atomic E-state index is 0.471. The van der Waals surface area contributed by atoms with E-state index in [2.05, 4.69) is 22.2 Å². The van der Waals surface area contributed by atoms with Crippen molar-refractivity contribution in [2.24, 2.45) is 5.10 Å². The number of rotatable bonds is 8. The molecule has 5 nitrogen and oxygen atoms in total. The summed E-state index contributed by atoms with van der Waals surface area (Å²) in [7, 11) is 0. The molecule has 0 unspecified atom stereocenters. The Morgan fingerprint density at radius 2 is 2.10 bits per heavy atom. The molecule has 0 radical (unpaired) electrons. The molecule has 0 aliphatic rings. The van der Waals surface area contributed by atoms with Gasteiger partial charge in [0.05, 0.1) is 12.8 Å². The largest absolute Gasteiger partial charge is 0.494 e. The number of H-pyrrole nitrogens is 1. The fraction of sp³-hybridized carbons (Fsp3) is 0.400. The fourth-order valence-electron chi connectivity index (χ4n) is 1.82. The lowest BCUT2D eigenvalue weighted by Gasteiger charge is -2.05. The van der Waals surface area contributed by atoms with Crippen molar-refractivity contribution in [3.05, 3.63) is 40.9 Å². The highest BCUT2D eigenvalue weighted by Crippen LogP contribution is 2.12. The highest BCUT2D eigenvalue weighted by Gasteiger charge is 1.95. The van der Waals surface area contributed by atoms with Crippen LogP contribution in [0.3, 0.4) is 0 Å². The van der Waals surface area contributed by atoms with Gasteiger partial charge in [0.2, 0.25) is 4.77 Å². The lowest BCUT2D eigenvalue weighted by molar-refractivity contribution is 0.305. The Morgan fingerprint density at radius 1 is 1.29 bits per heavy atom. The first-order valence-electron chi connectivity index (χ1n) is 7.19. The second-order valence-corrected chi connectivity index (χ2v) is 5.12. The molecule has 0 atom stereocenters. The van der Waals surface area contributed by atoms with Gasteiger partial charge in [0.15, 0.2) is 0 Å². The lowest BCUT2D eigenvalue weighted by atomic mass is 10.2. The molecule has 0 bridgehead atoms. The number of aromatic amines is 1. The third-order valence-electron chi connectivity index (χ3n) is 3.01. The molecule has 1 aromatic heterocycles. The van der Waals surface area contributed by atoms with Gasteiger partial charge < -0.3 is 4.74 Å². The zero-order chi connectivity index (χ0) is 14.9. The molecule has 1 aromatic carbocycles. The van der Waals surface area contributed by atoms with Crippen molar-refractivity contribution in [1.29, 1.82) is 0 Å². The Kier molecular flexibility index (Phi) is 6.15. The third-order valence-corrected chi connectivity index (χ3v) is 3.29. The lowest BCUT2D eigenvalue weighted by Crippen LogP contribution is -1.97. The van der Waals surface area contributed by atoms with Gasteiger partial charge in [-0.2, -0.15) is 14.9 Å². The number of hydrogen-bond donors (Lipinski definition) is 1. The summed E-state index contributed by atoms with van der Waals surface area (Å²) in [5, 5.41) is 10.7. The van der Waals surface area contributed by atoms with Gasteiger partial charge in [-0.1, -0.05) is 26.2 Å². The number of nitrogens with zero attached hydrogens (tertiary/aromatic N) is 3. The molecule has 2 aromatic rings. The first-order chi connectivity index (χ1) is 10.3. The van der Waals surface area contributed by atoms with Gasteiger partial charge in [-0.3, -0.25) is 5.10 Å². The van der Waals surface area contributed by atoms with E-state index in [0.29, 0.717) is 4.77 Å². The van der Waals surface area contributed by atoms with Crippen LogP contribution in [-0.2, 0) is 0 Å². The molecule has 0 saturated carbocycles. The van der Waals surface area contributed by atoms with Crippen molar-refractivity contribution in [2.45, 2.75) is 32.6 Å². The first-order valence-corrected chi connectivity index (χ1v) is 7.59. The predicted octanol–water partition coefficient (Wildman–Crippen LogP) is 3.78. The highest BCUT2D eigenvalue weighted by molar-refractivity contribution is 7.71. The number of ether oxygens (including phenoxy) is 1. The maximum absolute atomic E-state index is 5.70. The van der Waals surface area contributed by atoms with Crippen LogP contribution < -0.4 is 4.74 Å². The van der Waals surface area contributed by atoms with Crippen LogP contribution in [0.5, 0.6) is 5.75 Å². The van der Waals surface area contributed by atoms with Crippen molar-refractivity contribution in [3.63, 3.8) is 0 Å². The van der Waals surface area contributed by atoms with Gasteiger partial charge in [-0.25, -0.2) is 0 Å². The maximum atomic E-state index is 5.70. The van der Waals surface area contributed by atoms with E-state index < -0.39 is 0 Å². The molecule has 21 heavy (non-hydrogen) atoms. The van der Waals surface area contributed by atoms with E-state index in [0.717, 1.165) is 24.3 Å². The van der Waals surface area contributed by atoms with E-state index in [1.54, 1.807) is 6.21 Å². The standard InChI is InChI=1S/C15H20N4OS/c1-2-3-4-5-10-20-14-8-6-13(7-9-14)11-17-19-12-16-18-15(19)21/h6-9,11-12H,2-5,10H2,1H3,(H,18,21)/b17-11+. The smallest absolute Gasteiger partial charge is 0.216 e. The topological polar surface area (TPSA) is 55.2 Å². The molecular weight excluding hydrogens is 284 g/mol. The van der Waals surface area contributed by atoms with Gasteiger partial charge in [0.1, 0.15) is 12.1 Å². The summed E-state index contributed by atoms with van der Waals surface area (Å²) in [4.78, 5) is 0. The van der Waals surface area contributed by atoms with Gasteiger partial charge >= 0.3 is 0 Å². The molecule has 112 valence electrons. The van der Waals surface area contributed by atoms with Crippen LogP contribution in [0.2, 0.25) is 0 Å². The summed E-state index contributed by atoms with van der Waals surface area (Å²) in [5.41, 5.74) is 0.983. The molecule has 0 aliphatic heterocycles. The molecular formula is C15H20N4OS. The summed E-state index contributed by atoms with van der Waals surface area (Å²) >= 11 is 5.01. The Bertz CT molecular complexity index is 615. The summed E-state index contributed by atoms with van der Waals surface area (Å²) in [6, 6.07) is 7.84. The Morgan fingerprint density at radius 3 is 2.76 bits per heavy atom. The van der Waals surface area contributed by atoms with Crippen molar-refractivity contribution < 1.29 is 4.74 Å². The number of hydrogen-bond acceptors (Lipinski definition) is 4. The molecule has 0 saturated heterocycles. The van der Waals surface area contributed by atoms with E-state index in [9.17, 15) is 0 Å². The van der Waals surface area contributed by atoms with Gasteiger partial charge in [-0.15, -0.1) is 0 Å². The summed E-state index contributed by atoms with van der Waals surface area (Å²) < 4.78 is 7.67. The predicted molar refractivity (Wildman–Crippen MR) is 86.5 cm³/mol. The molecule has 1 N–H and O–H groups in total. The molecule has 0 spiro atoms. The number of nitrogens with one attached hydrogen (secondary N) is 1. The second-order valence-electron chi connectivity index (χ2n) is 4.73. The van der Waals surface area contributed by atoms with Gasteiger partial charge in [0.25, 0.3) is 0 Å². The minimum absolute atomic E-state index is 0.471. The van der Waals surface area contributed by atoms with E-state index in [-0.39, 0.29) is 0 Å². The number of aromatic nitrogens is 3. The quantitative estimate of drug-likeness (QED) is 0.459. The average molecular weight is 304 g/mol. The SMILES string of the molecule is CCCCCCOc1ccc(/C=N/n2cn[nH]c2=S)cc1. The van der Waals surface area contributed by atoms with E-state index >= 15 is 0 Å². The average Bonchev–Trinajstić information content (AvgIpc) is 2.91. The Hall–Kier alpha value is -1.95. The molecule has 1 heterocycles. The maximum Gasteiger partial charge on any atom is 0.216 e. The van der Waals surface area contributed by atoms with Crippen LogP contribution in [0.4, 0.5) is 0 Å². The summed E-state index contributed by atoms with van der Waals surface area (Å²) in [6.07, 6.45) is 8.12. The summed E-state index contributed by atoms with van der Waals surface area (Å²) in [5.74, 6) is 0.892. The molecule has 0 amide bonds. The first kappa shape index (κ1) is 15.4. The van der Waals surface area contributed by atoms with Crippen molar-refractivity contribution >= 4 is 18.4 Å². The zero-order valence-corrected chi connectivity index (χ0v) is 13.0. The molecule has 2 rings (SSSR count). The Labute approximate surface area is 129 Å². The van der Waals surface area contributed by atoms with Crippen LogP contribution in [0.1, 0.15) is 38.2 Å². The second kappa shape index (κ2) is 8.36. The van der Waals surface area contributed by atoms with Crippen molar-refractivity contribution in [1.82, 2.24) is 14.9 Å². The van der Waals surface area contributed by atoms with Crippen LogP contribution in [0, 0.1) is 4.77 Å². The van der Waals surface area contributed by atoms with E-state index in [4.69, 9.17) is 17.0 Å². The van der Waals surface area contributed by atoms with Crippen LogP contribution >= 0.6 is 12.2 Å². The highest BCUT2D eigenvalue weighted by atomic mass is 32.1. The van der Waals surface area contributed by atoms with Crippen LogP contribution in [0.15, 0.2) is 35.7 Å². The minimum Gasteiger partial charge on any atom is -0.494 e. The zero-order valence-electron chi connectivity index (χ0n) is 12.2. The van der Waals surface area contributed by atoms with Crippen molar-refractivity contribution in [3.8, 4) is 5.75 Å².